The molecule has 1 aromatic heterocycles. The van der Waals surface area contributed by atoms with Crippen molar-refractivity contribution in [1.29, 1.82) is 0 Å². The molecule has 1 aromatic carbocycles. The van der Waals surface area contributed by atoms with Gasteiger partial charge in [0.15, 0.2) is 10.8 Å². The lowest BCUT2D eigenvalue weighted by atomic mass is 9.89. The Labute approximate surface area is 250 Å². The lowest BCUT2D eigenvalue weighted by molar-refractivity contribution is 0.0967. The largest absolute Gasteiger partial charge is 0.497 e. The SMILES string of the molecule is COc1cc(CCN(N)C(=O)N2CCC3(CC2)CN(N)C(NC(=O)c2nc(Cl)c(N=NN)nc2N=NN)=N3)cc(OC)c1. The molecule has 0 radical (unpaired) electrons. The van der Waals surface area contributed by atoms with Crippen molar-refractivity contribution in [3.8, 4) is 11.5 Å². The highest BCUT2D eigenvalue weighted by molar-refractivity contribution is 6.31. The smallest absolute Gasteiger partial charge is 0.334 e. The van der Waals surface area contributed by atoms with Crippen LogP contribution < -0.4 is 38.2 Å². The number of hydrogen-bond acceptors (Lipinski definition) is 14. The molecule has 2 aliphatic heterocycles. The molecule has 20 heteroatoms. The molecular formula is C23H32ClN15O4. The summed E-state index contributed by atoms with van der Waals surface area (Å²) in [5.74, 6) is 22.7. The van der Waals surface area contributed by atoms with Crippen molar-refractivity contribution in [3.05, 3.63) is 34.6 Å². The topological polar surface area (TPSA) is 266 Å². The molecule has 0 saturated carbocycles. The molecule has 4 rings (SSSR count). The average molecular weight is 618 g/mol. The molecular weight excluding hydrogens is 586 g/mol. The number of ether oxygens (including phenoxy) is 2. The molecule has 1 spiro atoms. The Morgan fingerprint density at radius 3 is 2.30 bits per heavy atom. The Morgan fingerprint density at radius 2 is 1.70 bits per heavy atom. The van der Waals surface area contributed by atoms with E-state index in [1.54, 1.807) is 25.2 Å². The number of guanidine groups is 1. The number of methoxy groups -OCH3 is 2. The molecule has 0 bridgehead atoms. The highest BCUT2D eigenvalue weighted by Gasteiger charge is 2.43. The van der Waals surface area contributed by atoms with Gasteiger partial charge in [-0.15, -0.1) is 10.2 Å². The minimum atomic E-state index is -0.765. The van der Waals surface area contributed by atoms with Gasteiger partial charge in [-0.3, -0.25) is 20.1 Å². The third-order valence-electron chi connectivity index (χ3n) is 6.91. The highest BCUT2D eigenvalue weighted by atomic mass is 35.5. The molecule has 0 aliphatic carbocycles. The maximum atomic E-state index is 13.1. The molecule has 2 aliphatic rings. The van der Waals surface area contributed by atoms with Crippen LogP contribution in [0.2, 0.25) is 5.15 Å². The van der Waals surface area contributed by atoms with Gasteiger partial charge >= 0.3 is 6.03 Å². The normalized spacial score (nSPS) is 16.2. The number of urea groups is 1. The van der Waals surface area contributed by atoms with Crippen molar-refractivity contribution in [2.24, 2.45) is 49.0 Å². The summed E-state index contributed by atoms with van der Waals surface area (Å²) in [7, 11) is 3.14. The molecule has 2 aromatic rings. The summed E-state index contributed by atoms with van der Waals surface area (Å²) < 4.78 is 10.6. The van der Waals surface area contributed by atoms with Gasteiger partial charge in [0.2, 0.25) is 17.6 Å². The maximum absolute atomic E-state index is 13.1. The van der Waals surface area contributed by atoms with Crippen LogP contribution in [0.4, 0.5) is 16.4 Å². The van der Waals surface area contributed by atoms with Gasteiger partial charge in [0.1, 0.15) is 11.5 Å². The summed E-state index contributed by atoms with van der Waals surface area (Å²) in [5, 5.41) is 18.2. The number of aliphatic imine (C=N–C) groups is 1. The lowest BCUT2D eigenvalue weighted by Crippen LogP contribution is -2.54. The van der Waals surface area contributed by atoms with Crippen molar-refractivity contribution in [2.75, 3.05) is 40.4 Å². The number of piperidine rings is 1. The number of hydrogen-bond donors (Lipinski definition) is 5. The van der Waals surface area contributed by atoms with Crippen molar-refractivity contribution in [3.63, 3.8) is 0 Å². The number of carbonyl (C=O) groups excluding carboxylic acids is 2. The molecule has 0 unspecified atom stereocenters. The summed E-state index contributed by atoms with van der Waals surface area (Å²) in [5.41, 5.74) is -0.0133. The third kappa shape index (κ3) is 7.13. The van der Waals surface area contributed by atoms with Gasteiger partial charge in [-0.1, -0.05) is 22.0 Å². The molecule has 3 heterocycles. The van der Waals surface area contributed by atoms with Gasteiger partial charge in [0.25, 0.3) is 5.91 Å². The van der Waals surface area contributed by atoms with Gasteiger partial charge in [0.05, 0.1) is 26.3 Å². The van der Waals surface area contributed by atoms with Gasteiger partial charge in [-0.05, 0) is 37.0 Å². The van der Waals surface area contributed by atoms with Crippen molar-refractivity contribution in [1.82, 2.24) is 30.2 Å². The second-order valence-electron chi connectivity index (χ2n) is 9.62. The van der Waals surface area contributed by atoms with Crippen LogP contribution in [-0.4, -0.2) is 88.7 Å². The average Bonchev–Trinajstić information content (AvgIpc) is 3.30. The fraction of sp³-hybridized carbons (Fsp3) is 0.435. The van der Waals surface area contributed by atoms with E-state index in [1.165, 1.54) is 10.0 Å². The van der Waals surface area contributed by atoms with E-state index < -0.39 is 11.4 Å². The Kier molecular flexibility index (Phi) is 9.68. The minimum absolute atomic E-state index is 0.0956. The predicted octanol–water partition coefficient (Wildman–Crippen LogP) is 0.710. The Balaban J connectivity index is 1.37. The van der Waals surface area contributed by atoms with Crippen molar-refractivity contribution in [2.45, 2.75) is 24.8 Å². The first-order valence-electron chi connectivity index (χ1n) is 12.9. The summed E-state index contributed by atoms with van der Waals surface area (Å²) >= 11 is 6.04. The third-order valence-corrected chi connectivity index (χ3v) is 7.16. The predicted molar refractivity (Wildman–Crippen MR) is 153 cm³/mol. The number of nitrogens with two attached hydrogens (primary N) is 4. The van der Waals surface area contributed by atoms with Crippen LogP contribution in [0.3, 0.4) is 0 Å². The van der Waals surface area contributed by atoms with E-state index >= 15 is 0 Å². The number of hydrazine groups is 2. The zero-order valence-corrected chi connectivity index (χ0v) is 24.2. The van der Waals surface area contributed by atoms with E-state index in [0.29, 0.717) is 50.4 Å². The van der Waals surface area contributed by atoms with E-state index in [9.17, 15) is 9.59 Å². The van der Waals surface area contributed by atoms with Crippen molar-refractivity contribution < 1.29 is 19.1 Å². The Bertz CT molecular complexity index is 1420. The zero-order valence-electron chi connectivity index (χ0n) is 23.5. The monoisotopic (exact) mass is 617 g/mol. The van der Waals surface area contributed by atoms with Crippen LogP contribution in [-0.2, 0) is 6.42 Å². The molecule has 43 heavy (non-hydrogen) atoms. The quantitative estimate of drug-likeness (QED) is 0.119. The number of halogens is 1. The summed E-state index contributed by atoms with van der Waals surface area (Å²) in [6, 6.07) is 5.20. The molecule has 1 fully saturated rings. The number of amides is 3. The number of nitrogens with one attached hydrogen (secondary N) is 1. The van der Waals surface area contributed by atoms with E-state index in [0.717, 1.165) is 5.56 Å². The van der Waals surface area contributed by atoms with Crippen LogP contribution in [0.25, 0.3) is 0 Å². The number of nitrogens with zero attached hydrogens (tertiary/aromatic N) is 10. The number of rotatable bonds is 8. The first-order valence-corrected chi connectivity index (χ1v) is 13.3. The van der Waals surface area contributed by atoms with Crippen LogP contribution in [0, 0.1) is 0 Å². The maximum Gasteiger partial charge on any atom is 0.334 e. The summed E-state index contributed by atoms with van der Waals surface area (Å²) in [6.07, 6.45) is 1.49. The second kappa shape index (κ2) is 13.4. The van der Waals surface area contributed by atoms with E-state index in [2.05, 4.69) is 41.0 Å². The summed E-state index contributed by atoms with van der Waals surface area (Å²) in [4.78, 5) is 40.4. The van der Waals surface area contributed by atoms with Gasteiger partial charge in [-0.25, -0.2) is 31.4 Å². The molecule has 1 saturated heterocycles. The fourth-order valence-corrected chi connectivity index (χ4v) is 4.86. The minimum Gasteiger partial charge on any atom is -0.497 e. The first kappa shape index (κ1) is 31.1. The van der Waals surface area contributed by atoms with Crippen LogP contribution in [0.1, 0.15) is 28.9 Å². The highest BCUT2D eigenvalue weighted by Crippen LogP contribution is 2.32. The number of benzene rings is 1. The van der Waals surface area contributed by atoms with Gasteiger partial charge < -0.3 is 26.1 Å². The first-order chi connectivity index (χ1) is 20.6. The second-order valence-corrected chi connectivity index (χ2v) is 9.97. The van der Waals surface area contributed by atoms with E-state index in [4.69, 9.17) is 44.4 Å². The standard InChI is InChI=1S/C23H32ClN15O4/c1-42-14-9-13(10-15(11-14)43-2)3-6-38(27)22(41)37-7-4-23(5-8-37)12-39(28)21(32-23)31-20(40)16-18(33-35-25)30-19(34-36-26)17(24)29-16/h9-11H,3-8,12,27-28H2,1-2H3,(H,31,32,40)(H4,25,26,30,33,34). The van der Waals surface area contributed by atoms with Crippen LogP contribution in [0.5, 0.6) is 11.5 Å². The van der Waals surface area contributed by atoms with Crippen LogP contribution in [0.15, 0.2) is 43.9 Å². The van der Waals surface area contributed by atoms with Crippen molar-refractivity contribution >= 4 is 41.1 Å². The van der Waals surface area contributed by atoms with Gasteiger partial charge in [0, 0.05) is 25.7 Å². The molecule has 3 amide bonds. The number of carbonyl (C=O) groups is 2. The van der Waals surface area contributed by atoms with Crippen LogP contribution >= 0.6 is 11.6 Å². The van der Waals surface area contributed by atoms with E-state index in [1.807, 2.05) is 12.1 Å². The van der Waals surface area contributed by atoms with E-state index in [-0.39, 0.29) is 41.0 Å². The lowest BCUT2D eigenvalue weighted by Gasteiger charge is -2.38. The molecule has 230 valence electrons. The Hall–Kier alpha value is -4.88. The number of likely N-dealkylation sites (tertiary alicyclic amines) is 1. The summed E-state index contributed by atoms with van der Waals surface area (Å²) in [6.45, 7) is 1.37. The molecule has 0 atom stereocenters. The zero-order chi connectivity index (χ0) is 31.1. The fourth-order valence-electron chi connectivity index (χ4n) is 4.69. The molecule has 9 N–H and O–H groups in total. The number of aromatic nitrogens is 2. The molecule has 19 nitrogen and oxygen atoms in total. The van der Waals surface area contributed by atoms with Gasteiger partial charge in [-0.2, -0.15) is 0 Å². The Morgan fingerprint density at radius 1 is 1.07 bits per heavy atom.